The van der Waals surface area contributed by atoms with E-state index >= 15 is 0 Å². The number of hydrogen-bond donors (Lipinski definition) is 0. The second-order valence-electron chi connectivity index (χ2n) is 14.3. The Morgan fingerprint density at radius 1 is 0.298 bits per heavy atom. The Bertz CT molecular complexity index is 2950. The van der Waals surface area contributed by atoms with Crippen LogP contribution in [0.3, 0.4) is 0 Å². The van der Waals surface area contributed by atoms with E-state index in [-0.39, 0.29) is 5.82 Å². The first-order valence-corrected chi connectivity index (χ1v) is 19.3. The van der Waals surface area contributed by atoms with Crippen LogP contribution >= 0.6 is 0 Å². The SMILES string of the molecule is Fc1ccc(-c2ccc(N(c3ccc(-c4ccccc4)cc3)c3ccc(-c4ccc5c6cc(-c7ccccc7)ccc6n(-c6ccccc6)c5c4)cc3)cc2)cc1. The van der Waals surface area contributed by atoms with E-state index in [1.165, 1.54) is 56.2 Å². The maximum atomic E-state index is 13.7. The van der Waals surface area contributed by atoms with Gasteiger partial charge in [0, 0.05) is 33.5 Å². The van der Waals surface area contributed by atoms with E-state index in [9.17, 15) is 4.39 Å². The minimum absolute atomic E-state index is 0.236. The van der Waals surface area contributed by atoms with Crippen molar-refractivity contribution in [2.24, 2.45) is 0 Å². The molecule has 0 amide bonds. The first-order chi connectivity index (χ1) is 28.2. The maximum absolute atomic E-state index is 13.7. The molecule has 1 aromatic heterocycles. The highest BCUT2D eigenvalue weighted by atomic mass is 19.1. The molecule has 0 N–H and O–H groups in total. The quantitative estimate of drug-likeness (QED) is 0.151. The van der Waals surface area contributed by atoms with E-state index in [1.54, 1.807) is 0 Å². The van der Waals surface area contributed by atoms with E-state index in [2.05, 4.69) is 204 Å². The minimum atomic E-state index is -0.236. The molecule has 0 aliphatic heterocycles. The lowest BCUT2D eigenvalue weighted by molar-refractivity contribution is 0.628. The van der Waals surface area contributed by atoms with Crippen LogP contribution in [0.2, 0.25) is 0 Å². The number of fused-ring (bicyclic) bond motifs is 3. The van der Waals surface area contributed by atoms with Crippen LogP contribution in [0.15, 0.2) is 224 Å². The minimum Gasteiger partial charge on any atom is -0.311 e. The molecule has 1 heterocycles. The smallest absolute Gasteiger partial charge is 0.123 e. The molecule has 10 rings (SSSR count). The molecule has 9 aromatic carbocycles. The van der Waals surface area contributed by atoms with Gasteiger partial charge in [-0.3, -0.25) is 0 Å². The zero-order chi connectivity index (χ0) is 38.1. The lowest BCUT2D eigenvalue weighted by Gasteiger charge is -2.26. The van der Waals surface area contributed by atoms with Gasteiger partial charge in [0.1, 0.15) is 5.82 Å². The summed E-state index contributed by atoms with van der Waals surface area (Å²) in [5.74, 6) is -0.236. The van der Waals surface area contributed by atoms with Gasteiger partial charge in [-0.05, 0) is 123 Å². The van der Waals surface area contributed by atoms with Crippen molar-refractivity contribution < 1.29 is 4.39 Å². The average Bonchev–Trinajstić information content (AvgIpc) is 3.61. The van der Waals surface area contributed by atoms with Crippen molar-refractivity contribution in [3.05, 3.63) is 230 Å². The number of nitrogens with zero attached hydrogens (tertiary/aromatic N) is 2. The van der Waals surface area contributed by atoms with Gasteiger partial charge < -0.3 is 9.47 Å². The summed E-state index contributed by atoms with van der Waals surface area (Å²) in [5, 5.41) is 2.46. The third kappa shape index (κ3) is 6.56. The summed E-state index contributed by atoms with van der Waals surface area (Å²) in [6.45, 7) is 0. The van der Waals surface area contributed by atoms with Crippen LogP contribution in [0.25, 0.3) is 72.0 Å². The predicted octanol–water partition coefficient (Wildman–Crippen LogP) is 15.1. The van der Waals surface area contributed by atoms with Crippen LogP contribution < -0.4 is 4.90 Å². The number of anilines is 3. The Morgan fingerprint density at radius 2 is 0.684 bits per heavy atom. The molecule has 0 saturated carbocycles. The normalized spacial score (nSPS) is 11.2. The van der Waals surface area contributed by atoms with Crippen LogP contribution in [-0.4, -0.2) is 4.57 Å². The molecule has 3 heteroatoms. The van der Waals surface area contributed by atoms with Crippen LogP contribution in [0.4, 0.5) is 21.5 Å². The highest BCUT2D eigenvalue weighted by Gasteiger charge is 2.17. The third-order valence-electron chi connectivity index (χ3n) is 10.9. The van der Waals surface area contributed by atoms with Crippen LogP contribution in [0.5, 0.6) is 0 Å². The molecule has 57 heavy (non-hydrogen) atoms. The van der Waals surface area contributed by atoms with E-state index < -0.39 is 0 Å². The summed E-state index contributed by atoms with van der Waals surface area (Å²) in [6.07, 6.45) is 0. The summed E-state index contributed by atoms with van der Waals surface area (Å²) in [7, 11) is 0. The fraction of sp³-hybridized carbons (Fsp3) is 0. The Kier molecular flexibility index (Phi) is 8.74. The Balaban J connectivity index is 1.05. The number of rotatable bonds is 8. The van der Waals surface area contributed by atoms with E-state index in [1.807, 2.05) is 18.2 Å². The number of benzene rings is 9. The van der Waals surface area contributed by atoms with E-state index in [4.69, 9.17) is 0 Å². The van der Waals surface area contributed by atoms with Crippen molar-refractivity contribution in [2.75, 3.05) is 4.90 Å². The second kappa shape index (κ2) is 14.6. The largest absolute Gasteiger partial charge is 0.311 e. The maximum Gasteiger partial charge on any atom is 0.123 e. The molecule has 10 aromatic rings. The Hall–Kier alpha value is -7.49. The fourth-order valence-electron chi connectivity index (χ4n) is 7.99. The second-order valence-corrected chi connectivity index (χ2v) is 14.3. The van der Waals surface area contributed by atoms with Crippen molar-refractivity contribution in [3.63, 3.8) is 0 Å². The molecule has 0 radical (unpaired) electrons. The summed E-state index contributed by atoms with van der Waals surface area (Å²) in [5.41, 5.74) is 15.7. The molecular formula is C54H37FN2. The third-order valence-corrected chi connectivity index (χ3v) is 10.9. The average molecular weight is 733 g/mol. The molecule has 0 aliphatic carbocycles. The zero-order valence-electron chi connectivity index (χ0n) is 31.1. The van der Waals surface area contributed by atoms with Gasteiger partial charge in [-0.25, -0.2) is 4.39 Å². The predicted molar refractivity (Wildman–Crippen MR) is 237 cm³/mol. The molecule has 0 bridgehead atoms. The highest BCUT2D eigenvalue weighted by Crippen LogP contribution is 2.40. The molecule has 0 aliphatic rings. The monoisotopic (exact) mass is 732 g/mol. The van der Waals surface area contributed by atoms with Crippen molar-refractivity contribution >= 4 is 38.9 Å². The highest BCUT2D eigenvalue weighted by molar-refractivity contribution is 6.11. The van der Waals surface area contributed by atoms with Crippen molar-refractivity contribution in [1.29, 1.82) is 0 Å². The Labute approximate surface area is 332 Å². The first kappa shape index (κ1) is 34.0. The molecular weight excluding hydrogens is 696 g/mol. The molecule has 0 saturated heterocycles. The first-order valence-electron chi connectivity index (χ1n) is 19.3. The van der Waals surface area contributed by atoms with E-state index in [0.29, 0.717) is 0 Å². The molecule has 0 unspecified atom stereocenters. The van der Waals surface area contributed by atoms with Crippen LogP contribution in [0.1, 0.15) is 0 Å². The Morgan fingerprint density at radius 3 is 1.21 bits per heavy atom. The lowest BCUT2D eigenvalue weighted by Crippen LogP contribution is -2.09. The summed E-state index contributed by atoms with van der Waals surface area (Å²) in [4.78, 5) is 2.29. The van der Waals surface area contributed by atoms with Gasteiger partial charge >= 0.3 is 0 Å². The zero-order valence-corrected chi connectivity index (χ0v) is 31.1. The molecule has 0 fully saturated rings. The summed E-state index contributed by atoms with van der Waals surface area (Å²) in [6, 6.07) is 78.1. The fourth-order valence-corrected chi connectivity index (χ4v) is 7.99. The number of halogens is 1. The number of aromatic nitrogens is 1. The van der Waals surface area contributed by atoms with Gasteiger partial charge in [-0.15, -0.1) is 0 Å². The number of hydrogen-bond acceptors (Lipinski definition) is 1. The van der Waals surface area contributed by atoms with Gasteiger partial charge in [0.15, 0.2) is 0 Å². The van der Waals surface area contributed by atoms with Crippen molar-refractivity contribution in [3.8, 4) is 50.2 Å². The van der Waals surface area contributed by atoms with Gasteiger partial charge in [-0.1, -0.05) is 146 Å². The van der Waals surface area contributed by atoms with E-state index in [0.717, 1.165) is 45.0 Å². The topological polar surface area (TPSA) is 8.17 Å². The van der Waals surface area contributed by atoms with Gasteiger partial charge in [-0.2, -0.15) is 0 Å². The standard InChI is InChI=1S/C54H37FN2/c55-46-26-16-40(17-27-46)42-20-30-49(31-21-42)56(48-28-18-41(19-29-48)38-10-4-1-5-11-38)50-32-22-43(23-33-50)45-24-34-51-52-36-44(39-12-6-2-7-13-39)25-35-53(52)57(54(51)37-45)47-14-8-3-9-15-47/h1-37H. The van der Waals surface area contributed by atoms with Crippen molar-refractivity contribution in [1.82, 2.24) is 4.57 Å². The van der Waals surface area contributed by atoms with Crippen LogP contribution in [0, 0.1) is 5.82 Å². The van der Waals surface area contributed by atoms with Gasteiger partial charge in [0.05, 0.1) is 11.0 Å². The van der Waals surface area contributed by atoms with Crippen LogP contribution in [-0.2, 0) is 0 Å². The molecule has 2 nitrogen and oxygen atoms in total. The molecule has 0 spiro atoms. The van der Waals surface area contributed by atoms with Gasteiger partial charge in [0.2, 0.25) is 0 Å². The molecule has 270 valence electrons. The number of para-hydroxylation sites is 1. The molecule has 0 atom stereocenters. The van der Waals surface area contributed by atoms with Gasteiger partial charge in [0.25, 0.3) is 0 Å². The van der Waals surface area contributed by atoms with Crippen molar-refractivity contribution in [2.45, 2.75) is 0 Å². The summed E-state index contributed by atoms with van der Waals surface area (Å²) >= 11 is 0. The summed E-state index contributed by atoms with van der Waals surface area (Å²) < 4.78 is 16.1. The lowest BCUT2D eigenvalue weighted by atomic mass is 10.0.